The molecule has 3 rings (SSSR count). The number of nitrogens with one attached hydrogen (secondary N) is 1. The Bertz CT molecular complexity index is 884. The smallest absolute Gasteiger partial charge is 0.327 e. The third-order valence-corrected chi connectivity index (χ3v) is 3.94. The fourth-order valence-electron chi connectivity index (χ4n) is 2.50. The minimum atomic E-state index is -4.40. The van der Waals surface area contributed by atoms with Crippen molar-refractivity contribution in [3.8, 4) is 0 Å². The van der Waals surface area contributed by atoms with Gasteiger partial charge in [-0.15, -0.1) is 0 Å². The zero-order valence-electron chi connectivity index (χ0n) is 13.3. The molecule has 0 atom stereocenters. The number of hydrogen-bond donors (Lipinski definition) is 1. The van der Waals surface area contributed by atoms with Gasteiger partial charge in [0.05, 0.1) is 16.9 Å². The highest BCUT2D eigenvalue weighted by Gasteiger charge is 2.34. The van der Waals surface area contributed by atoms with Gasteiger partial charge in [-0.25, -0.2) is 4.90 Å². The predicted molar refractivity (Wildman–Crippen MR) is 90.6 cm³/mol. The summed E-state index contributed by atoms with van der Waals surface area (Å²) >= 11 is 5.20. The van der Waals surface area contributed by atoms with Gasteiger partial charge >= 0.3 is 6.18 Å². The molecule has 5 nitrogen and oxygen atoms in total. The second kappa shape index (κ2) is 5.99. The van der Waals surface area contributed by atoms with E-state index in [4.69, 9.17) is 12.2 Å². The number of alkyl halides is 3. The Morgan fingerprint density at radius 1 is 1.24 bits per heavy atom. The molecule has 0 aliphatic carbocycles. The van der Waals surface area contributed by atoms with Crippen molar-refractivity contribution in [2.45, 2.75) is 13.1 Å². The lowest BCUT2D eigenvalue weighted by atomic mass is 10.1. The highest BCUT2D eigenvalue weighted by molar-refractivity contribution is 7.80. The molecule has 130 valence electrons. The Hall–Kier alpha value is -2.68. The highest BCUT2D eigenvalue weighted by Crippen LogP contribution is 2.30. The molecule has 1 fully saturated rings. The molecule has 25 heavy (non-hydrogen) atoms. The van der Waals surface area contributed by atoms with Crippen molar-refractivity contribution in [3.05, 3.63) is 53.0 Å². The van der Waals surface area contributed by atoms with Gasteiger partial charge in [0.1, 0.15) is 5.70 Å². The fourth-order valence-corrected chi connectivity index (χ4v) is 2.79. The first-order valence-electron chi connectivity index (χ1n) is 7.21. The Morgan fingerprint density at radius 2 is 1.88 bits per heavy atom. The number of carbonyl (C=O) groups is 1. The van der Waals surface area contributed by atoms with Gasteiger partial charge in [0.15, 0.2) is 5.11 Å². The summed E-state index contributed by atoms with van der Waals surface area (Å²) in [4.78, 5) is 13.9. The molecule has 1 aromatic carbocycles. The molecular weight excluding hydrogens is 353 g/mol. The second-order valence-corrected chi connectivity index (χ2v) is 5.91. The Kier molecular flexibility index (Phi) is 4.11. The van der Waals surface area contributed by atoms with E-state index in [0.29, 0.717) is 16.9 Å². The topological polar surface area (TPSA) is 50.2 Å². The van der Waals surface area contributed by atoms with Gasteiger partial charge in [0.25, 0.3) is 5.91 Å². The van der Waals surface area contributed by atoms with Gasteiger partial charge in [-0.2, -0.15) is 18.3 Å². The van der Waals surface area contributed by atoms with Gasteiger partial charge in [-0.1, -0.05) is 12.1 Å². The van der Waals surface area contributed by atoms with Crippen molar-refractivity contribution >= 4 is 35.0 Å². The number of amides is 1. The van der Waals surface area contributed by atoms with Crippen LogP contribution in [0.3, 0.4) is 0 Å². The summed E-state index contributed by atoms with van der Waals surface area (Å²) in [5.41, 5.74) is 1.09. The van der Waals surface area contributed by atoms with Crippen LogP contribution < -0.4 is 10.2 Å². The number of benzene rings is 1. The number of hydrogen-bond acceptors (Lipinski definition) is 3. The molecule has 1 saturated heterocycles. The molecule has 9 heteroatoms. The second-order valence-electron chi connectivity index (χ2n) is 5.52. The first kappa shape index (κ1) is 17.2. The number of halogens is 3. The number of thiocarbonyl (C=S) groups is 1. The first-order chi connectivity index (χ1) is 11.7. The van der Waals surface area contributed by atoms with Crippen LogP contribution in [-0.4, -0.2) is 20.8 Å². The maximum atomic E-state index is 12.6. The van der Waals surface area contributed by atoms with E-state index in [9.17, 15) is 18.0 Å². The van der Waals surface area contributed by atoms with Crippen molar-refractivity contribution < 1.29 is 18.0 Å². The Balaban J connectivity index is 1.89. The summed E-state index contributed by atoms with van der Waals surface area (Å²) in [7, 11) is 1.73. The average molecular weight is 366 g/mol. The fraction of sp³-hybridized carbons (Fsp3) is 0.188. The summed E-state index contributed by atoms with van der Waals surface area (Å²) < 4.78 is 39.4. The summed E-state index contributed by atoms with van der Waals surface area (Å²) in [5.74, 6) is -0.388. The number of aromatic nitrogens is 2. The third kappa shape index (κ3) is 3.27. The minimum absolute atomic E-state index is 0.188. The number of aryl methyl sites for hydroxylation is 2. The van der Waals surface area contributed by atoms with Crippen LogP contribution in [0.15, 0.2) is 36.2 Å². The van der Waals surface area contributed by atoms with Crippen LogP contribution in [0.1, 0.15) is 16.8 Å². The van der Waals surface area contributed by atoms with Crippen LogP contribution in [0.2, 0.25) is 0 Å². The van der Waals surface area contributed by atoms with Gasteiger partial charge in [0, 0.05) is 13.2 Å². The molecule has 1 aliphatic rings. The number of rotatable bonds is 2. The molecule has 1 aromatic heterocycles. The van der Waals surface area contributed by atoms with Gasteiger partial charge < -0.3 is 5.32 Å². The van der Waals surface area contributed by atoms with E-state index in [1.54, 1.807) is 24.9 Å². The van der Waals surface area contributed by atoms with Gasteiger partial charge in [0.2, 0.25) is 0 Å². The van der Waals surface area contributed by atoms with Crippen molar-refractivity contribution in [3.63, 3.8) is 0 Å². The zero-order chi connectivity index (χ0) is 18.4. The molecule has 0 saturated carbocycles. The van der Waals surface area contributed by atoms with Crippen molar-refractivity contribution in [1.29, 1.82) is 0 Å². The molecule has 0 unspecified atom stereocenters. The predicted octanol–water partition coefficient (Wildman–Crippen LogP) is 3.01. The maximum absolute atomic E-state index is 12.6. The molecule has 1 aliphatic heterocycles. The summed E-state index contributed by atoms with van der Waals surface area (Å²) in [5, 5.41) is 7.16. The lowest BCUT2D eigenvalue weighted by molar-refractivity contribution is -0.137. The highest BCUT2D eigenvalue weighted by atomic mass is 32.1. The van der Waals surface area contributed by atoms with Crippen LogP contribution in [0.5, 0.6) is 0 Å². The Labute approximate surface area is 146 Å². The third-order valence-electron chi connectivity index (χ3n) is 3.66. The summed E-state index contributed by atoms with van der Waals surface area (Å²) in [6, 6.07) is 4.53. The van der Waals surface area contributed by atoms with E-state index in [0.717, 1.165) is 12.1 Å². The first-order valence-corrected chi connectivity index (χ1v) is 7.62. The van der Waals surface area contributed by atoms with Crippen LogP contribution in [-0.2, 0) is 18.0 Å². The van der Waals surface area contributed by atoms with Crippen LogP contribution in [0.4, 0.5) is 18.9 Å². The largest absolute Gasteiger partial charge is 0.416 e. The lowest BCUT2D eigenvalue weighted by Gasteiger charge is -2.11. The Morgan fingerprint density at radius 3 is 2.40 bits per heavy atom. The van der Waals surface area contributed by atoms with E-state index in [2.05, 4.69) is 10.4 Å². The summed E-state index contributed by atoms with van der Waals surface area (Å²) in [6.45, 7) is 1.75. The quantitative estimate of drug-likeness (QED) is 0.656. The van der Waals surface area contributed by atoms with Crippen molar-refractivity contribution in [2.24, 2.45) is 7.05 Å². The number of carbonyl (C=O) groups excluding carboxylic acids is 1. The lowest BCUT2D eigenvalue weighted by Crippen LogP contribution is -2.30. The van der Waals surface area contributed by atoms with E-state index in [1.807, 2.05) is 0 Å². The number of anilines is 1. The minimum Gasteiger partial charge on any atom is -0.327 e. The van der Waals surface area contributed by atoms with Crippen LogP contribution in [0.25, 0.3) is 6.08 Å². The van der Waals surface area contributed by atoms with Crippen LogP contribution in [0, 0.1) is 6.92 Å². The molecule has 0 spiro atoms. The molecule has 1 amide bonds. The summed E-state index contributed by atoms with van der Waals surface area (Å²) in [6.07, 6.45) is -1.27. The molecule has 0 radical (unpaired) electrons. The van der Waals surface area contributed by atoms with E-state index in [1.165, 1.54) is 23.1 Å². The zero-order valence-corrected chi connectivity index (χ0v) is 14.1. The van der Waals surface area contributed by atoms with Gasteiger partial charge in [-0.3, -0.25) is 9.48 Å². The number of nitrogens with zero attached hydrogens (tertiary/aromatic N) is 3. The van der Waals surface area contributed by atoms with Gasteiger partial charge in [-0.05, 0) is 42.9 Å². The van der Waals surface area contributed by atoms with Crippen molar-refractivity contribution in [2.75, 3.05) is 4.90 Å². The van der Waals surface area contributed by atoms with Crippen molar-refractivity contribution in [1.82, 2.24) is 15.1 Å². The molecule has 2 heterocycles. The molecule has 2 aromatic rings. The average Bonchev–Trinajstić information content (AvgIpc) is 2.97. The normalized spacial score (nSPS) is 16.7. The maximum Gasteiger partial charge on any atom is 0.416 e. The molecule has 1 N–H and O–H groups in total. The van der Waals surface area contributed by atoms with E-state index >= 15 is 0 Å². The van der Waals surface area contributed by atoms with Crippen LogP contribution >= 0.6 is 12.2 Å². The SMILES string of the molecule is Cc1nn(C)cc1N1C(=O)/C(=C\c2ccc(C(F)(F)F)cc2)NC1=S. The molecule has 0 bridgehead atoms. The molecular formula is C16H13F3N4OS. The van der Waals surface area contributed by atoms with E-state index in [-0.39, 0.29) is 16.7 Å². The standard InChI is InChI=1S/C16H13F3N4OS/c1-9-13(8-22(2)21-9)23-14(24)12(20-15(23)25)7-10-3-5-11(6-4-10)16(17,18)19/h3-8H,1-2H3,(H,20,25)/b12-7+. The van der Waals surface area contributed by atoms with E-state index < -0.39 is 11.7 Å². The monoisotopic (exact) mass is 366 g/mol.